The minimum atomic E-state index is -0.606. The monoisotopic (exact) mass is 368 g/mol. The van der Waals surface area contributed by atoms with E-state index in [2.05, 4.69) is 10.6 Å². The van der Waals surface area contributed by atoms with Gasteiger partial charge in [0.2, 0.25) is 5.91 Å². The Hall–Kier alpha value is -1.89. The summed E-state index contributed by atoms with van der Waals surface area (Å²) in [5.74, 6) is -0.809. The fraction of sp³-hybridized carbons (Fsp3) is 0.611. The number of ether oxygens (including phenoxy) is 1. The molecule has 0 unspecified atom stereocenters. The molecule has 1 heterocycles. The van der Waals surface area contributed by atoms with Gasteiger partial charge in [0, 0.05) is 16.8 Å². The third-order valence-electron chi connectivity index (χ3n) is 3.54. The Morgan fingerprint density at radius 1 is 1.16 bits per heavy atom. The quantitative estimate of drug-likeness (QED) is 0.755. The summed E-state index contributed by atoms with van der Waals surface area (Å²) in [6.45, 7) is 13.2. The maximum Gasteiger partial charge on any atom is 0.341 e. The number of carbonyl (C=O) groups is 3. The predicted molar refractivity (Wildman–Crippen MR) is 100 cm³/mol. The van der Waals surface area contributed by atoms with Crippen LogP contribution in [0.15, 0.2) is 0 Å². The Kier molecular flexibility index (Phi) is 7.17. The van der Waals surface area contributed by atoms with Gasteiger partial charge in [-0.1, -0.05) is 34.6 Å². The highest BCUT2D eigenvalue weighted by Gasteiger charge is 2.27. The van der Waals surface area contributed by atoms with Gasteiger partial charge in [-0.05, 0) is 25.3 Å². The molecule has 0 atom stereocenters. The lowest BCUT2D eigenvalue weighted by Gasteiger charge is -2.17. The molecule has 25 heavy (non-hydrogen) atoms. The first-order valence-electron chi connectivity index (χ1n) is 8.28. The van der Waals surface area contributed by atoms with Crippen molar-refractivity contribution in [2.24, 2.45) is 11.3 Å². The third kappa shape index (κ3) is 6.16. The van der Waals surface area contributed by atoms with Crippen molar-refractivity contribution >= 4 is 34.1 Å². The zero-order valence-corrected chi connectivity index (χ0v) is 16.8. The molecule has 2 amide bonds. The second kappa shape index (κ2) is 8.47. The molecule has 0 saturated heterocycles. The normalized spacial score (nSPS) is 11.4. The van der Waals surface area contributed by atoms with Gasteiger partial charge < -0.3 is 15.4 Å². The maximum absolute atomic E-state index is 12.4. The molecule has 140 valence electrons. The molecule has 0 fully saturated rings. The molecule has 0 aromatic carbocycles. The summed E-state index contributed by atoms with van der Waals surface area (Å²) in [6, 6.07) is 0. The van der Waals surface area contributed by atoms with Crippen molar-refractivity contribution in [1.82, 2.24) is 5.32 Å². The maximum atomic E-state index is 12.4. The first kappa shape index (κ1) is 21.2. The number of nitrogens with one attached hydrogen (secondary N) is 2. The summed E-state index contributed by atoms with van der Waals surface area (Å²) in [5.41, 5.74) is 0.488. The summed E-state index contributed by atoms with van der Waals surface area (Å²) >= 11 is 1.33. The van der Waals surface area contributed by atoms with Gasteiger partial charge >= 0.3 is 5.97 Å². The van der Waals surface area contributed by atoms with E-state index in [9.17, 15) is 14.4 Å². The third-order valence-corrected chi connectivity index (χ3v) is 4.66. The molecule has 2 N–H and O–H groups in total. The number of aryl methyl sites for hydroxylation is 1. The van der Waals surface area contributed by atoms with Gasteiger partial charge in [0.25, 0.3) is 5.91 Å². The highest BCUT2D eigenvalue weighted by molar-refractivity contribution is 7.16. The van der Waals surface area contributed by atoms with Crippen LogP contribution < -0.4 is 10.6 Å². The second-order valence-corrected chi connectivity index (χ2v) is 8.69. The topological polar surface area (TPSA) is 84.5 Å². The summed E-state index contributed by atoms with van der Waals surface area (Å²) in [7, 11) is 0. The fourth-order valence-corrected chi connectivity index (χ4v) is 2.87. The van der Waals surface area contributed by atoms with Crippen molar-refractivity contribution in [2.45, 2.75) is 48.5 Å². The highest BCUT2D eigenvalue weighted by atomic mass is 32.1. The fourth-order valence-electron chi connectivity index (χ4n) is 1.82. The van der Waals surface area contributed by atoms with E-state index in [4.69, 9.17) is 4.74 Å². The van der Waals surface area contributed by atoms with Crippen LogP contribution in [-0.2, 0) is 14.3 Å². The summed E-state index contributed by atoms with van der Waals surface area (Å²) in [6.07, 6.45) is 0. The molecule has 0 bridgehead atoms. The SMILES string of the molecule is Cc1sc(NC(=O)C(C)(C)C)c(C(=O)OCC(=O)NCC(C)C)c1C. The van der Waals surface area contributed by atoms with Gasteiger partial charge in [-0.2, -0.15) is 0 Å². The number of rotatable bonds is 6. The van der Waals surface area contributed by atoms with Crippen LogP contribution in [0.2, 0.25) is 0 Å². The Bertz CT molecular complexity index is 657. The van der Waals surface area contributed by atoms with E-state index in [1.807, 2.05) is 20.8 Å². The Labute approximate surface area is 153 Å². The van der Waals surface area contributed by atoms with E-state index < -0.39 is 11.4 Å². The Balaban J connectivity index is 2.84. The van der Waals surface area contributed by atoms with E-state index >= 15 is 0 Å². The molecule has 0 aliphatic heterocycles. The molecule has 0 spiro atoms. The van der Waals surface area contributed by atoms with Crippen molar-refractivity contribution in [3.8, 4) is 0 Å². The lowest BCUT2D eigenvalue weighted by molar-refractivity contribution is -0.124. The average Bonchev–Trinajstić information content (AvgIpc) is 2.76. The van der Waals surface area contributed by atoms with Crippen LogP contribution in [0.25, 0.3) is 0 Å². The molecule has 7 heteroatoms. The van der Waals surface area contributed by atoms with E-state index in [1.54, 1.807) is 27.7 Å². The minimum absolute atomic E-state index is 0.183. The van der Waals surface area contributed by atoms with E-state index in [-0.39, 0.29) is 18.4 Å². The van der Waals surface area contributed by atoms with Gasteiger partial charge in [0.1, 0.15) is 5.00 Å². The van der Waals surface area contributed by atoms with Crippen molar-refractivity contribution in [1.29, 1.82) is 0 Å². The van der Waals surface area contributed by atoms with Crippen LogP contribution in [0.1, 0.15) is 55.4 Å². The predicted octanol–water partition coefficient (Wildman–Crippen LogP) is 3.28. The number of anilines is 1. The molecule has 0 aliphatic rings. The van der Waals surface area contributed by atoms with E-state index in [1.165, 1.54) is 11.3 Å². The standard InChI is InChI=1S/C18H28N2O4S/c1-10(2)8-19-13(21)9-24-16(22)14-11(3)12(4)25-15(14)20-17(23)18(5,6)7/h10H,8-9H2,1-7H3,(H,19,21)(H,20,23). The summed E-state index contributed by atoms with van der Waals surface area (Å²) in [4.78, 5) is 37.3. The van der Waals surface area contributed by atoms with Crippen LogP contribution in [0.5, 0.6) is 0 Å². The Morgan fingerprint density at radius 2 is 1.76 bits per heavy atom. The van der Waals surface area contributed by atoms with E-state index in [0.29, 0.717) is 23.0 Å². The average molecular weight is 368 g/mol. The molecule has 0 radical (unpaired) electrons. The second-order valence-electron chi connectivity index (χ2n) is 7.47. The van der Waals surface area contributed by atoms with Gasteiger partial charge in [0.05, 0.1) is 5.56 Å². The van der Waals surface area contributed by atoms with Gasteiger partial charge in [-0.25, -0.2) is 4.79 Å². The van der Waals surface area contributed by atoms with Crippen LogP contribution in [0.3, 0.4) is 0 Å². The van der Waals surface area contributed by atoms with Gasteiger partial charge in [-0.15, -0.1) is 11.3 Å². The van der Waals surface area contributed by atoms with Gasteiger partial charge in [-0.3, -0.25) is 9.59 Å². The number of amides is 2. The number of hydrogen-bond acceptors (Lipinski definition) is 5. The van der Waals surface area contributed by atoms with Crippen LogP contribution in [-0.4, -0.2) is 30.9 Å². The van der Waals surface area contributed by atoms with Crippen molar-refractivity contribution in [2.75, 3.05) is 18.5 Å². The minimum Gasteiger partial charge on any atom is -0.452 e. The molecular formula is C18H28N2O4S. The lowest BCUT2D eigenvalue weighted by atomic mass is 9.96. The first-order valence-corrected chi connectivity index (χ1v) is 9.10. The van der Waals surface area contributed by atoms with E-state index in [0.717, 1.165) is 10.4 Å². The Morgan fingerprint density at radius 3 is 2.28 bits per heavy atom. The van der Waals surface area contributed by atoms with Crippen molar-refractivity contribution in [3.63, 3.8) is 0 Å². The van der Waals surface area contributed by atoms with Crippen molar-refractivity contribution in [3.05, 3.63) is 16.0 Å². The molecule has 1 aromatic heterocycles. The molecule has 1 aromatic rings. The summed E-state index contributed by atoms with van der Waals surface area (Å²) in [5, 5.41) is 5.95. The molecular weight excluding hydrogens is 340 g/mol. The largest absolute Gasteiger partial charge is 0.452 e. The number of hydrogen-bond donors (Lipinski definition) is 2. The number of carbonyl (C=O) groups excluding carboxylic acids is 3. The smallest absolute Gasteiger partial charge is 0.341 e. The van der Waals surface area contributed by atoms with Crippen LogP contribution in [0.4, 0.5) is 5.00 Å². The zero-order valence-electron chi connectivity index (χ0n) is 16.0. The van der Waals surface area contributed by atoms with Crippen LogP contribution >= 0.6 is 11.3 Å². The first-order chi connectivity index (χ1) is 11.4. The number of esters is 1. The van der Waals surface area contributed by atoms with Crippen molar-refractivity contribution < 1.29 is 19.1 Å². The van der Waals surface area contributed by atoms with Gasteiger partial charge in [0.15, 0.2) is 6.61 Å². The molecule has 1 rings (SSSR count). The molecule has 6 nitrogen and oxygen atoms in total. The molecule has 0 saturated carbocycles. The summed E-state index contributed by atoms with van der Waals surface area (Å²) < 4.78 is 5.13. The highest BCUT2D eigenvalue weighted by Crippen LogP contribution is 2.34. The zero-order chi connectivity index (χ0) is 19.4. The molecule has 0 aliphatic carbocycles. The van der Waals surface area contributed by atoms with Crippen LogP contribution in [0, 0.1) is 25.2 Å². The number of thiophene rings is 1. The lowest BCUT2D eigenvalue weighted by Crippen LogP contribution is -2.32.